The van der Waals surface area contributed by atoms with Crippen LogP contribution in [-0.4, -0.2) is 44.1 Å². The highest BCUT2D eigenvalue weighted by atomic mass is 35.5. The summed E-state index contributed by atoms with van der Waals surface area (Å²) in [5, 5.41) is 6.56. The minimum atomic E-state index is -0.321. The van der Waals surface area contributed by atoms with E-state index in [0.29, 0.717) is 41.7 Å². The Morgan fingerprint density at radius 2 is 1.77 bits per heavy atom. The second kappa shape index (κ2) is 9.06. The van der Waals surface area contributed by atoms with E-state index in [1.807, 2.05) is 12.1 Å². The van der Waals surface area contributed by atoms with Crippen LogP contribution in [0.25, 0.3) is 0 Å². The van der Waals surface area contributed by atoms with Gasteiger partial charge in [0.1, 0.15) is 0 Å². The van der Waals surface area contributed by atoms with Gasteiger partial charge in [-0.2, -0.15) is 0 Å². The number of carbonyl (C=O) groups excluding carboxylic acids is 2. The van der Waals surface area contributed by atoms with Crippen LogP contribution in [0.3, 0.4) is 0 Å². The lowest BCUT2D eigenvalue weighted by Gasteiger charge is -2.38. The van der Waals surface area contributed by atoms with Gasteiger partial charge in [-0.1, -0.05) is 11.6 Å². The number of methoxy groups -OCH3 is 2. The summed E-state index contributed by atoms with van der Waals surface area (Å²) >= 11 is 5.95. The largest absolute Gasteiger partial charge is 0.493 e. The van der Waals surface area contributed by atoms with Gasteiger partial charge in [-0.05, 0) is 66.8 Å². The Hall–Kier alpha value is -2.93. The van der Waals surface area contributed by atoms with Crippen molar-refractivity contribution in [1.82, 2.24) is 10.2 Å². The van der Waals surface area contributed by atoms with Crippen LogP contribution in [0.15, 0.2) is 36.4 Å². The molecule has 4 rings (SSSR count). The van der Waals surface area contributed by atoms with Crippen molar-refractivity contribution in [2.75, 3.05) is 32.6 Å². The monoisotopic (exact) mass is 443 g/mol. The van der Waals surface area contributed by atoms with Crippen LogP contribution in [0.2, 0.25) is 5.02 Å². The molecule has 1 aliphatic carbocycles. The number of urea groups is 1. The van der Waals surface area contributed by atoms with E-state index in [1.165, 1.54) is 0 Å². The number of hydrogen-bond donors (Lipinski definition) is 2. The van der Waals surface area contributed by atoms with Gasteiger partial charge in [0.25, 0.3) is 0 Å². The first kappa shape index (κ1) is 21.3. The molecular formula is C23H26ClN3O4. The van der Waals surface area contributed by atoms with E-state index in [1.54, 1.807) is 43.4 Å². The van der Waals surface area contributed by atoms with Gasteiger partial charge in [0.2, 0.25) is 5.91 Å². The van der Waals surface area contributed by atoms with E-state index in [-0.39, 0.29) is 23.9 Å². The third-order valence-corrected chi connectivity index (χ3v) is 6.03. The molecule has 1 unspecified atom stereocenters. The fraction of sp³-hybridized carbons (Fsp3) is 0.391. The van der Waals surface area contributed by atoms with E-state index >= 15 is 0 Å². The molecule has 1 saturated carbocycles. The van der Waals surface area contributed by atoms with Crippen molar-refractivity contribution in [3.05, 3.63) is 52.5 Å². The molecule has 1 fully saturated rings. The predicted molar refractivity (Wildman–Crippen MR) is 119 cm³/mol. The second-order valence-corrected chi connectivity index (χ2v) is 8.26. The smallest absolute Gasteiger partial charge is 0.322 e. The fourth-order valence-electron chi connectivity index (χ4n) is 3.91. The van der Waals surface area contributed by atoms with Gasteiger partial charge in [-0.15, -0.1) is 0 Å². The summed E-state index contributed by atoms with van der Waals surface area (Å²) < 4.78 is 10.9. The first-order valence-electron chi connectivity index (χ1n) is 10.4. The number of amides is 3. The molecule has 0 radical (unpaired) electrons. The molecule has 31 heavy (non-hydrogen) atoms. The maximum Gasteiger partial charge on any atom is 0.322 e. The number of benzene rings is 2. The van der Waals surface area contributed by atoms with Crippen molar-refractivity contribution in [3.63, 3.8) is 0 Å². The Morgan fingerprint density at radius 3 is 2.42 bits per heavy atom. The summed E-state index contributed by atoms with van der Waals surface area (Å²) in [7, 11) is 3.19. The molecule has 0 saturated heterocycles. The van der Waals surface area contributed by atoms with Crippen LogP contribution < -0.4 is 20.1 Å². The topological polar surface area (TPSA) is 79.9 Å². The van der Waals surface area contributed by atoms with Crippen molar-refractivity contribution < 1.29 is 19.1 Å². The molecule has 0 aromatic heterocycles. The summed E-state index contributed by atoms with van der Waals surface area (Å²) in [4.78, 5) is 27.2. The first-order chi connectivity index (χ1) is 15.0. The van der Waals surface area contributed by atoms with Crippen LogP contribution in [-0.2, 0) is 11.2 Å². The molecule has 164 valence electrons. The highest BCUT2D eigenvalue weighted by molar-refractivity contribution is 6.30. The molecule has 8 heteroatoms. The van der Waals surface area contributed by atoms with Crippen LogP contribution in [0, 0.1) is 5.92 Å². The molecule has 1 heterocycles. The molecule has 0 bridgehead atoms. The SMILES string of the molecule is COc1cc2c(cc1OC)C(CNC(=O)C1CC1)N(C(=O)Nc1ccc(Cl)cc1)CC2. The third kappa shape index (κ3) is 4.71. The predicted octanol–water partition coefficient (Wildman–Crippen LogP) is 4.01. The lowest BCUT2D eigenvalue weighted by molar-refractivity contribution is -0.122. The quantitative estimate of drug-likeness (QED) is 0.706. The second-order valence-electron chi connectivity index (χ2n) is 7.82. The Kier molecular flexibility index (Phi) is 6.23. The van der Waals surface area contributed by atoms with Crippen LogP contribution in [0.4, 0.5) is 10.5 Å². The Morgan fingerprint density at radius 1 is 1.10 bits per heavy atom. The molecule has 2 N–H and O–H groups in total. The molecule has 3 amide bonds. The molecular weight excluding hydrogens is 418 g/mol. The Bertz CT molecular complexity index is 976. The third-order valence-electron chi connectivity index (χ3n) is 5.78. The molecule has 1 atom stereocenters. The number of nitrogens with zero attached hydrogens (tertiary/aromatic N) is 1. The molecule has 0 spiro atoms. The van der Waals surface area contributed by atoms with E-state index in [9.17, 15) is 9.59 Å². The highest BCUT2D eigenvalue weighted by Crippen LogP contribution is 2.38. The maximum absolute atomic E-state index is 13.2. The zero-order valence-corrected chi connectivity index (χ0v) is 18.4. The number of hydrogen-bond acceptors (Lipinski definition) is 4. The van der Waals surface area contributed by atoms with Gasteiger partial charge in [0, 0.05) is 29.7 Å². The number of fused-ring (bicyclic) bond motifs is 1. The van der Waals surface area contributed by atoms with Gasteiger partial charge >= 0.3 is 6.03 Å². The Labute approximate surface area is 186 Å². The molecule has 2 aromatic rings. The standard InChI is InChI=1S/C23H26ClN3O4/c1-30-20-11-15-9-10-27(23(29)26-17-7-5-16(24)6-8-17)19(18(15)12-21(20)31-2)13-25-22(28)14-3-4-14/h5-8,11-12,14,19H,3-4,9-10,13H2,1-2H3,(H,25,28)(H,26,29). The summed E-state index contributed by atoms with van der Waals surface area (Å²) in [6.45, 7) is 0.859. The number of rotatable bonds is 6. The first-order valence-corrected chi connectivity index (χ1v) is 10.7. The molecule has 2 aliphatic rings. The van der Waals surface area contributed by atoms with Gasteiger partial charge < -0.3 is 25.0 Å². The number of halogens is 1. The van der Waals surface area contributed by atoms with Crippen molar-refractivity contribution in [2.24, 2.45) is 5.92 Å². The lowest BCUT2D eigenvalue weighted by Crippen LogP contribution is -2.47. The summed E-state index contributed by atoms with van der Waals surface area (Å²) in [6, 6.07) is 10.3. The zero-order valence-electron chi connectivity index (χ0n) is 17.6. The summed E-state index contributed by atoms with van der Waals surface area (Å²) in [6.07, 6.45) is 2.54. The summed E-state index contributed by atoms with van der Waals surface area (Å²) in [5.41, 5.74) is 2.69. The van der Waals surface area contributed by atoms with Crippen molar-refractivity contribution in [3.8, 4) is 11.5 Å². The summed E-state index contributed by atoms with van der Waals surface area (Å²) in [5.74, 6) is 1.40. The Balaban J connectivity index is 1.61. The van der Waals surface area contributed by atoms with E-state index in [4.69, 9.17) is 21.1 Å². The van der Waals surface area contributed by atoms with Gasteiger partial charge in [0.05, 0.1) is 20.3 Å². The minimum absolute atomic E-state index is 0.0469. The number of anilines is 1. The molecule has 1 aliphatic heterocycles. The average molecular weight is 444 g/mol. The number of nitrogens with one attached hydrogen (secondary N) is 2. The lowest BCUT2D eigenvalue weighted by atomic mass is 9.91. The van der Waals surface area contributed by atoms with Crippen molar-refractivity contribution in [1.29, 1.82) is 0 Å². The van der Waals surface area contributed by atoms with E-state index in [0.717, 1.165) is 24.0 Å². The number of carbonyl (C=O) groups is 2. The van der Waals surface area contributed by atoms with E-state index in [2.05, 4.69) is 10.6 Å². The fourth-order valence-corrected chi connectivity index (χ4v) is 4.03. The zero-order chi connectivity index (χ0) is 22.0. The van der Waals surface area contributed by atoms with Gasteiger partial charge in [0.15, 0.2) is 11.5 Å². The van der Waals surface area contributed by atoms with Gasteiger partial charge in [-0.25, -0.2) is 4.79 Å². The van der Waals surface area contributed by atoms with Gasteiger partial charge in [-0.3, -0.25) is 4.79 Å². The number of ether oxygens (including phenoxy) is 2. The molecule has 7 nitrogen and oxygen atoms in total. The normalized spacial score (nSPS) is 17.5. The minimum Gasteiger partial charge on any atom is -0.493 e. The van der Waals surface area contributed by atoms with E-state index < -0.39 is 0 Å². The van der Waals surface area contributed by atoms with Crippen molar-refractivity contribution >= 4 is 29.2 Å². The molecule has 2 aromatic carbocycles. The van der Waals surface area contributed by atoms with Crippen molar-refractivity contribution in [2.45, 2.75) is 25.3 Å². The average Bonchev–Trinajstić information content (AvgIpc) is 3.63. The van der Waals surface area contributed by atoms with Crippen LogP contribution >= 0.6 is 11.6 Å². The van der Waals surface area contributed by atoms with Crippen LogP contribution in [0.5, 0.6) is 11.5 Å². The highest BCUT2D eigenvalue weighted by Gasteiger charge is 2.35. The van der Waals surface area contributed by atoms with Crippen LogP contribution in [0.1, 0.15) is 30.0 Å². The maximum atomic E-state index is 13.2.